The lowest BCUT2D eigenvalue weighted by atomic mass is 9.82. The predicted octanol–water partition coefficient (Wildman–Crippen LogP) is 3.09. The Morgan fingerprint density at radius 3 is 2.59 bits per heavy atom. The Labute approximate surface area is 129 Å². The van der Waals surface area contributed by atoms with Gasteiger partial charge in [-0.05, 0) is 18.8 Å². The van der Waals surface area contributed by atoms with Crippen LogP contribution in [0.2, 0.25) is 0 Å². The summed E-state index contributed by atoms with van der Waals surface area (Å²) in [4.78, 5) is 6.24. The number of nitrogens with one attached hydrogen (secondary N) is 1. The van der Waals surface area contributed by atoms with Crippen molar-refractivity contribution in [2.45, 2.75) is 50.9 Å². The molecule has 4 nitrogen and oxygen atoms in total. The van der Waals surface area contributed by atoms with Gasteiger partial charge in [-0.15, -0.1) is 0 Å². The fourth-order valence-electron chi connectivity index (χ4n) is 3.27. The number of hydrogen-bond donors (Lipinski definition) is 1. The van der Waals surface area contributed by atoms with E-state index < -0.39 is 12.6 Å². The van der Waals surface area contributed by atoms with Crippen molar-refractivity contribution in [3.63, 3.8) is 0 Å². The summed E-state index contributed by atoms with van der Waals surface area (Å²) in [6, 6.07) is -0.0620. The molecule has 0 amide bonds. The van der Waals surface area contributed by atoms with Crippen molar-refractivity contribution in [1.29, 1.82) is 0 Å². The summed E-state index contributed by atoms with van der Waals surface area (Å²) in [5, 5.41) is 3.32. The van der Waals surface area contributed by atoms with Crippen molar-refractivity contribution >= 4 is 5.95 Å². The van der Waals surface area contributed by atoms with Crippen molar-refractivity contribution in [3.05, 3.63) is 11.9 Å². The fourth-order valence-corrected chi connectivity index (χ4v) is 3.27. The molecule has 1 aromatic rings. The Bertz CT molecular complexity index is 482. The van der Waals surface area contributed by atoms with E-state index in [1.165, 1.54) is 0 Å². The molecular formula is C15H25F3N4. The Balaban J connectivity index is 1.96. The number of aromatic nitrogens is 2. The number of hydrogen-bond acceptors (Lipinski definition) is 3. The molecule has 1 aliphatic rings. The van der Waals surface area contributed by atoms with Crippen LogP contribution >= 0.6 is 0 Å². The monoisotopic (exact) mass is 318 g/mol. The lowest BCUT2D eigenvalue weighted by molar-refractivity contribution is -0.148. The average Bonchev–Trinajstić information content (AvgIpc) is 2.77. The van der Waals surface area contributed by atoms with Gasteiger partial charge in [0, 0.05) is 40.2 Å². The molecule has 0 bridgehead atoms. The molecule has 0 saturated heterocycles. The maximum Gasteiger partial charge on any atom is 0.389 e. The maximum atomic E-state index is 12.7. The Morgan fingerprint density at radius 2 is 2.00 bits per heavy atom. The predicted molar refractivity (Wildman–Crippen MR) is 80.8 cm³/mol. The molecule has 2 atom stereocenters. The van der Waals surface area contributed by atoms with Crippen LogP contribution in [-0.2, 0) is 13.6 Å². The normalized spacial score (nSPS) is 22.8. The van der Waals surface area contributed by atoms with Crippen molar-refractivity contribution < 1.29 is 13.2 Å². The minimum Gasteiger partial charge on any atom is -0.348 e. The number of imidazole rings is 1. The molecule has 0 unspecified atom stereocenters. The van der Waals surface area contributed by atoms with E-state index in [-0.39, 0.29) is 12.0 Å². The summed E-state index contributed by atoms with van der Waals surface area (Å²) in [7, 11) is 5.76. The van der Waals surface area contributed by atoms with Gasteiger partial charge in [-0.3, -0.25) is 0 Å². The van der Waals surface area contributed by atoms with Crippen LogP contribution < -0.4 is 10.2 Å². The third kappa shape index (κ3) is 4.38. The Morgan fingerprint density at radius 1 is 1.32 bits per heavy atom. The minimum absolute atomic E-state index is 0.0620. The minimum atomic E-state index is -4.08. The van der Waals surface area contributed by atoms with Gasteiger partial charge in [0.05, 0.1) is 11.9 Å². The van der Waals surface area contributed by atoms with E-state index >= 15 is 0 Å². The smallest absolute Gasteiger partial charge is 0.348 e. The van der Waals surface area contributed by atoms with Crippen molar-refractivity contribution in [2.75, 3.05) is 19.0 Å². The number of rotatable bonds is 5. The zero-order valence-electron chi connectivity index (χ0n) is 13.5. The fraction of sp³-hybridized carbons (Fsp3) is 0.800. The molecule has 1 aliphatic carbocycles. The van der Waals surface area contributed by atoms with Crippen LogP contribution in [0.3, 0.4) is 0 Å². The first-order valence-electron chi connectivity index (χ1n) is 7.76. The molecule has 1 aromatic heterocycles. The summed E-state index contributed by atoms with van der Waals surface area (Å²) >= 11 is 0. The second kappa shape index (κ2) is 6.89. The molecule has 1 fully saturated rings. The molecule has 1 heterocycles. The molecule has 0 aliphatic heterocycles. The standard InChI is InChI=1S/C15H25F3N4/c1-21(2)14-20-10-12(22(14)3)9-19-13-7-5-4-6-11(13)8-15(16,17)18/h10-11,13,19H,4-9H2,1-3H3/t11-,13-/m0/s1. The van der Waals surface area contributed by atoms with Gasteiger partial charge in [-0.2, -0.15) is 13.2 Å². The number of alkyl halides is 3. The van der Waals surface area contributed by atoms with Crippen LogP contribution in [0.25, 0.3) is 0 Å². The van der Waals surface area contributed by atoms with Gasteiger partial charge < -0.3 is 14.8 Å². The van der Waals surface area contributed by atoms with Gasteiger partial charge in [0.1, 0.15) is 0 Å². The molecule has 7 heteroatoms. The topological polar surface area (TPSA) is 33.1 Å². The molecule has 1 saturated carbocycles. The third-order valence-corrected chi connectivity index (χ3v) is 4.41. The van der Waals surface area contributed by atoms with Crippen LogP contribution in [0.4, 0.5) is 19.1 Å². The van der Waals surface area contributed by atoms with Crippen LogP contribution in [0.1, 0.15) is 37.8 Å². The highest BCUT2D eigenvalue weighted by Crippen LogP contribution is 2.34. The largest absolute Gasteiger partial charge is 0.389 e. The summed E-state index contributed by atoms with van der Waals surface area (Å²) in [6.07, 6.45) is 0.399. The van der Waals surface area contributed by atoms with Crippen molar-refractivity contribution in [1.82, 2.24) is 14.9 Å². The van der Waals surface area contributed by atoms with E-state index in [4.69, 9.17) is 0 Å². The highest BCUT2D eigenvalue weighted by atomic mass is 19.4. The molecule has 22 heavy (non-hydrogen) atoms. The summed E-state index contributed by atoms with van der Waals surface area (Å²) < 4.78 is 40.0. The number of anilines is 1. The second-order valence-corrected chi connectivity index (χ2v) is 6.35. The summed E-state index contributed by atoms with van der Waals surface area (Å²) in [6.45, 7) is 0.552. The average molecular weight is 318 g/mol. The summed E-state index contributed by atoms with van der Waals surface area (Å²) in [5.41, 5.74) is 0.986. The highest BCUT2D eigenvalue weighted by Gasteiger charge is 2.36. The molecule has 1 N–H and O–H groups in total. The van der Waals surface area contributed by atoms with E-state index in [1.807, 2.05) is 30.6 Å². The molecule has 2 rings (SSSR count). The first-order valence-corrected chi connectivity index (χ1v) is 7.76. The molecule has 0 spiro atoms. The zero-order valence-corrected chi connectivity index (χ0v) is 13.5. The van der Waals surface area contributed by atoms with Gasteiger partial charge >= 0.3 is 6.18 Å². The van der Waals surface area contributed by atoms with Crippen molar-refractivity contribution in [3.8, 4) is 0 Å². The second-order valence-electron chi connectivity index (χ2n) is 6.35. The quantitative estimate of drug-likeness (QED) is 0.906. The van der Waals surface area contributed by atoms with Crippen LogP contribution in [0.15, 0.2) is 6.20 Å². The first-order chi connectivity index (χ1) is 10.3. The van der Waals surface area contributed by atoms with Gasteiger partial charge in [0.25, 0.3) is 0 Å². The summed E-state index contributed by atoms with van der Waals surface area (Å²) in [5.74, 6) is 0.530. The van der Waals surface area contributed by atoms with E-state index in [9.17, 15) is 13.2 Å². The van der Waals surface area contributed by atoms with E-state index in [2.05, 4.69) is 10.3 Å². The molecule has 126 valence electrons. The van der Waals surface area contributed by atoms with Crippen molar-refractivity contribution in [2.24, 2.45) is 13.0 Å². The number of halogens is 3. The maximum absolute atomic E-state index is 12.7. The number of nitrogens with zero attached hydrogens (tertiary/aromatic N) is 3. The highest BCUT2D eigenvalue weighted by molar-refractivity contribution is 5.30. The Hall–Kier alpha value is -1.24. The SMILES string of the molecule is CN(C)c1ncc(CN[C@H]2CCCC[C@H]2CC(F)(F)F)n1C. The van der Waals surface area contributed by atoms with Crippen LogP contribution in [0.5, 0.6) is 0 Å². The van der Waals surface area contributed by atoms with Gasteiger partial charge in [0.2, 0.25) is 5.95 Å². The first kappa shape index (κ1) is 17.1. The molecule has 0 aromatic carbocycles. The van der Waals surface area contributed by atoms with Gasteiger partial charge in [-0.25, -0.2) is 4.98 Å². The molecule has 0 radical (unpaired) electrons. The Kier molecular flexibility index (Phi) is 5.36. The van der Waals surface area contributed by atoms with E-state index in [1.54, 1.807) is 6.20 Å². The lowest BCUT2D eigenvalue weighted by Gasteiger charge is -2.33. The zero-order chi connectivity index (χ0) is 16.3. The van der Waals surface area contributed by atoms with Crippen LogP contribution in [-0.4, -0.2) is 35.9 Å². The van der Waals surface area contributed by atoms with E-state index in [0.29, 0.717) is 13.0 Å². The van der Waals surface area contributed by atoms with E-state index in [0.717, 1.165) is 30.9 Å². The lowest BCUT2D eigenvalue weighted by Crippen LogP contribution is -2.40. The molecular weight excluding hydrogens is 293 g/mol. The van der Waals surface area contributed by atoms with Gasteiger partial charge in [-0.1, -0.05) is 12.8 Å². The third-order valence-electron chi connectivity index (χ3n) is 4.41. The van der Waals surface area contributed by atoms with Crippen LogP contribution in [0, 0.1) is 5.92 Å². The van der Waals surface area contributed by atoms with Gasteiger partial charge in [0.15, 0.2) is 0 Å².